The third kappa shape index (κ3) is 3.90. The Morgan fingerprint density at radius 3 is 2.46 bits per heavy atom. The van der Waals surface area contributed by atoms with Crippen LogP contribution in [0.4, 0.5) is 5.82 Å². The zero-order valence-corrected chi connectivity index (χ0v) is 18.5. The first-order chi connectivity index (χ1) is 12.6. The predicted molar refractivity (Wildman–Crippen MR) is 118 cm³/mol. The first kappa shape index (κ1) is 19.6. The summed E-state index contributed by atoms with van der Waals surface area (Å²) in [6.07, 6.45) is 3.25. The van der Waals surface area contributed by atoms with Gasteiger partial charge >= 0.3 is 0 Å². The molecule has 1 aromatic carbocycles. The Bertz CT molecular complexity index is 892. The number of unbranched alkanes of at least 4 members (excludes halogenated alkanes) is 1. The molecule has 0 radical (unpaired) electrons. The Labute approximate surface area is 172 Å². The van der Waals surface area contributed by atoms with Gasteiger partial charge in [0.25, 0.3) is 0 Å². The second-order valence-corrected chi connectivity index (χ2v) is 8.53. The van der Waals surface area contributed by atoms with Crippen LogP contribution >= 0.6 is 38.9 Å². The third-order valence-electron chi connectivity index (χ3n) is 4.49. The lowest BCUT2D eigenvalue weighted by Gasteiger charge is -2.23. The van der Waals surface area contributed by atoms with Crippen LogP contribution in [0.3, 0.4) is 0 Å². The maximum absolute atomic E-state index is 6.28. The van der Waals surface area contributed by atoms with Crippen molar-refractivity contribution in [3.63, 3.8) is 0 Å². The van der Waals surface area contributed by atoms with Gasteiger partial charge in [-0.3, -0.25) is 0 Å². The summed E-state index contributed by atoms with van der Waals surface area (Å²) in [4.78, 5) is 13.8. The lowest BCUT2D eigenvalue weighted by atomic mass is 10.0. The summed E-state index contributed by atoms with van der Waals surface area (Å²) in [5.74, 6) is 0.963. The first-order valence-electron chi connectivity index (χ1n) is 9.08. The van der Waals surface area contributed by atoms with Crippen LogP contribution in [-0.2, 0) is 6.42 Å². The van der Waals surface area contributed by atoms with E-state index in [2.05, 4.69) is 75.8 Å². The molecule has 0 spiro atoms. The van der Waals surface area contributed by atoms with E-state index in [1.807, 2.05) is 0 Å². The summed E-state index contributed by atoms with van der Waals surface area (Å²) in [6.45, 7) is 8.45. The quantitative estimate of drug-likeness (QED) is 0.363. The van der Waals surface area contributed by atoms with Crippen molar-refractivity contribution in [1.82, 2.24) is 9.97 Å². The van der Waals surface area contributed by atoms with Crippen LogP contribution in [0.1, 0.15) is 38.5 Å². The van der Waals surface area contributed by atoms with Gasteiger partial charge in [-0.15, -0.1) is 11.3 Å². The van der Waals surface area contributed by atoms with E-state index >= 15 is 0 Å². The highest BCUT2D eigenvalue weighted by Crippen LogP contribution is 2.43. The largest absolute Gasteiger partial charge is 0.356 e. The molecule has 0 saturated heterocycles. The van der Waals surface area contributed by atoms with E-state index in [1.165, 1.54) is 16.0 Å². The Kier molecular flexibility index (Phi) is 6.54. The van der Waals surface area contributed by atoms with Crippen LogP contribution in [0.2, 0.25) is 5.28 Å². The molecule has 0 bridgehead atoms. The molecule has 0 unspecified atom stereocenters. The molecule has 0 aliphatic heterocycles. The standard InChI is InChI=1S/C20H23BrClN3S/c1-4-7-12-25(6-3)18-17-16(13-8-10-14(21)11-9-13)15(5-2)26-19(17)24-20(22)23-18/h8-11H,4-7,12H2,1-3H3. The second-order valence-electron chi connectivity index (χ2n) is 6.19. The highest BCUT2D eigenvalue weighted by atomic mass is 79.9. The number of benzene rings is 1. The van der Waals surface area contributed by atoms with E-state index in [9.17, 15) is 0 Å². The molecule has 0 fully saturated rings. The highest BCUT2D eigenvalue weighted by molar-refractivity contribution is 9.10. The fourth-order valence-electron chi connectivity index (χ4n) is 3.17. The number of hydrogen-bond donors (Lipinski definition) is 0. The highest BCUT2D eigenvalue weighted by Gasteiger charge is 2.22. The molecule has 2 heterocycles. The summed E-state index contributed by atoms with van der Waals surface area (Å²) in [6, 6.07) is 8.49. The topological polar surface area (TPSA) is 29.0 Å². The predicted octanol–water partition coefficient (Wildman–Crippen LogP) is 6.96. The van der Waals surface area contributed by atoms with E-state index in [0.29, 0.717) is 5.28 Å². The van der Waals surface area contributed by atoms with E-state index < -0.39 is 0 Å². The fraction of sp³-hybridized carbons (Fsp3) is 0.400. The minimum Gasteiger partial charge on any atom is -0.356 e. The average Bonchev–Trinajstić information content (AvgIpc) is 3.01. The number of fused-ring (bicyclic) bond motifs is 1. The second kappa shape index (κ2) is 8.68. The third-order valence-corrected chi connectivity index (χ3v) is 6.42. The van der Waals surface area contributed by atoms with Gasteiger partial charge in [-0.05, 0) is 49.1 Å². The van der Waals surface area contributed by atoms with Crippen LogP contribution < -0.4 is 4.90 Å². The van der Waals surface area contributed by atoms with Crippen LogP contribution in [0.25, 0.3) is 21.3 Å². The Morgan fingerprint density at radius 2 is 1.85 bits per heavy atom. The van der Waals surface area contributed by atoms with Crippen molar-refractivity contribution < 1.29 is 0 Å². The van der Waals surface area contributed by atoms with Gasteiger partial charge in [-0.1, -0.05) is 48.3 Å². The molecule has 138 valence electrons. The van der Waals surface area contributed by atoms with Gasteiger partial charge in [-0.2, -0.15) is 4.98 Å². The van der Waals surface area contributed by atoms with Gasteiger partial charge in [0.2, 0.25) is 5.28 Å². The van der Waals surface area contributed by atoms with Gasteiger partial charge in [0.1, 0.15) is 10.6 Å². The maximum atomic E-state index is 6.28. The molecule has 0 aliphatic rings. The number of anilines is 1. The van der Waals surface area contributed by atoms with Crippen molar-refractivity contribution in [1.29, 1.82) is 0 Å². The van der Waals surface area contributed by atoms with Crippen molar-refractivity contribution in [3.05, 3.63) is 38.9 Å². The molecule has 0 saturated carbocycles. The molecule has 2 aromatic heterocycles. The summed E-state index contributed by atoms with van der Waals surface area (Å²) in [7, 11) is 0. The van der Waals surface area contributed by atoms with Crippen LogP contribution in [-0.4, -0.2) is 23.1 Å². The minimum atomic E-state index is 0.328. The van der Waals surface area contributed by atoms with Crippen molar-refractivity contribution in [2.45, 2.75) is 40.0 Å². The monoisotopic (exact) mass is 451 g/mol. The van der Waals surface area contributed by atoms with Crippen molar-refractivity contribution in [3.8, 4) is 11.1 Å². The normalized spacial score (nSPS) is 11.3. The van der Waals surface area contributed by atoms with Gasteiger partial charge in [0, 0.05) is 28.0 Å². The maximum Gasteiger partial charge on any atom is 0.225 e. The molecule has 3 rings (SSSR count). The van der Waals surface area contributed by atoms with E-state index in [4.69, 9.17) is 11.6 Å². The number of hydrogen-bond acceptors (Lipinski definition) is 4. The van der Waals surface area contributed by atoms with E-state index in [0.717, 1.165) is 52.9 Å². The van der Waals surface area contributed by atoms with Gasteiger partial charge < -0.3 is 4.90 Å². The Hall–Kier alpha value is -1.17. The number of halogens is 2. The Balaban J connectivity index is 2.27. The summed E-state index contributed by atoms with van der Waals surface area (Å²) < 4.78 is 1.08. The van der Waals surface area contributed by atoms with Crippen molar-refractivity contribution >= 4 is 54.9 Å². The average molecular weight is 453 g/mol. The molecular formula is C20H23BrClN3S. The number of aryl methyl sites for hydroxylation is 1. The number of aromatic nitrogens is 2. The minimum absolute atomic E-state index is 0.328. The molecule has 3 nitrogen and oxygen atoms in total. The van der Waals surface area contributed by atoms with Gasteiger partial charge in [-0.25, -0.2) is 4.98 Å². The summed E-state index contributed by atoms with van der Waals surface area (Å²) in [5, 5.41) is 1.46. The lowest BCUT2D eigenvalue weighted by Crippen LogP contribution is -2.25. The van der Waals surface area contributed by atoms with Crippen LogP contribution in [0, 0.1) is 0 Å². The smallest absolute Gasteiger partial charge is 0.225 e. The molecule has 3 aromatic rings. The SMILES string of the molecule is CCCCN(CC)c1nc(Cl)nc2sc(CC)c(-c3ccc(Br)cc3)c12. The van der Waals surface area contributed by atoms with Crippen LogP contribution in [0.5, 0.6) is 0 Å². The molecule has 0 amide bonds. The zero-order chi connectivity index (χ0) is 18.7. The first-order valence-corrected chi connectivity index (χ1v) is 11.1. The molecule has 0 atom stereocenters. The van der Waals surface area contributed by atoms with Gasteiger partial charge in [0.05, 0.1) is 5.39 Å². The van der Waals surface area contributed by atoms with Crippen molar-refractivity contribution in [2.75, 3.05) is 18.0 Å². The number of thiophene rings is 1. The summed E-state index contributed by atoms with van der Waals surface area (Å²) in [5.41, 5.74) is 2.46. The summed E-state index contributed by atoms with van der Waals surface area (Å²) >= 11 is 11.5. The molecule has 0 aliphatic carbocycles. The molecule has 0 N–H and O–H groups in total. The molecule has 6 heteroatoms. The van der Waals surface area contributed by atoms with Crippen molar-refractivity contribution in [2.24, 2.45) is 0 Å². The Morgan fingerprint density at radius 1 is 1.12 bits per heavy atom. The van der Waals surface area contributed by atoms with E-state index in [1.54, 1.807) is 11.3 Å². The number of nitrogens with zero attached hydrogens (tertiary/aromatic N) is 3. The molecular weight excluding hydrogens is 430 g/mol. The van der Waals surface area contributed by atoms with Crippen LogP contribution in [0.15, 0.2) is 28.7 Å². The lowest BCUT2D eigenvalue weighted by molar-refractivity contribution is 0.726. The van der Waals surface area contributed by atoms with E-state index in [-0.39, 0.29) is 0 Å². The zero-order valence-electron chi connectivity index (χ0n) is 15.4. The molecule has 26 heavy (non-hydrogen) atoms. The fourth-order valence-corrected chi connectivity index (χ4v) is 4.77. The van der Waals surface area contributed by atoms with Gasteiger partial charge in [0.15, 0.2) is 0 Å². The number of rotatable bonds is 7.